The maximum absolute atomic E-state index is 10.3. The molecule has 9 aliphatic rings. The van der Waals surface area contributed by atoms with Crippen molar-refractivity contribution in [3.05, 3.63) is 70.2 Å². The Labute approximate surface area is 719 Å². The molecule has 0 aromatic carbocycles. The molecule has 0 spiro atoms. The number of aliphatic hydroxyl groups is 2. The van der Waals surface area contributed by atoms with Gasteiger partial charge in [-0.3, -0.25) is 0 Å². The zero-order chi connectivity index (χ0) is 85.7. The van der Waals surface area contributed by atoms with Crippen molar-refractivity contribution in [1.29, 1.82) is 15.8 Å². The van der Waals surface area contributed by atoms with Crippen LogP contribution in [0.3, 0.4) is 0 Å². The molecule has 4 atom stereocenters. The highest BCUT2D eigenvalue weighted by Crippen LogP contribution is 2.37. The normalized spacial score (nSPS) is 26.7. The van der Waals surface area contributed by atoms with Crippen molar-refractivity contribution in [2.75, 3.05) is 90.3 Å². The minimum Gasteiger partial charge on any atom is -0.393 e. The van der Waals surface area contributed by atoms with Gasteiger partial charge in [-0.2, -0.15) is 30.7 Å². The van der Waals surface area contributed by atoms with Gasteiger partial charge in [0.05, 0.1) is 107 Å². The number of hydrogen-bond donors (Lipinski definition) is 10. The van der Waals surface area contributed by atoms with Crippen molar-refractivity contribution >= 4 is 47.2 Å². The van der Waals surface area contributed by atoms with Crippen molar-refractivity contribution in [2.24, 2.45) is 11.8 Å². The van der Waals surface area contributed by atoms with Crippen LogP contribution in [-0.4, -0.2) is 198 Å². The predicted octanol–water partition coefficient (Wildman–Crippen LogP) is 14.9. The van der Waals surface area contributed by atoms with E-state index in [1.165, 1.54) is 32.1 Å². The quantitative estimate of drug-likeness (QED) is 0.0218. The molecule has 1 saturated heterocycles. The molecule has 658 valence electrons. The number of nitriles is 3. The molecule has 1 aliphatic heterocycles. The molecule has 121 heavy (non-hydrogen) atoms. The summed E-state index contributed by atoms with van der Waals surface area (Å²) >= 11 is 0. The lowest BCUT2D eigenvalue weighted by molar-refractivity contribution is 0.00105. The fourth-order valence-electron chi connectivity index (χ4n) is 18.2. The van der Waals surface area contributed by atoms with E-state index in [1.807, 2.05) is 20.8 Å². The Kier molecular flexibility index (Phi) is 39.0. The summed E-state index contributed by atoms with van der Waals surface area (Å²) in [4.78, 5) is 44.7. The molecule has 0 amide bonds. The average Bonchev–Trinajstić information content (AvgIpc) is 1.70. The fourth-order valence-corrected chi connectivity index (χ4v) is 18.2. The smallest absolute Gasteiger partial charge is 0.224 e. The number of rotatable bonds is 27. The van der Waals surface area contributed by atoms with Gasteiger partial charge < -0.3 is 81.2 Å². The molecule has 8 aliphatic carbocycles. The van der Waals surface area contributed by atoms with E-state index in [4.69, 9.17) is 46.5 Å². The molecule has 29 heteroatoms. The van der Waals surface area contributed by atoms with Gasteiger partial charge in [0.15, 0.2) is 0 Å². The van der Waals surface area contributed by atoms with E-state index in [1.54, 1.807) is 52.3 Å². The first-order chi connectivity index (χ1) is 58.9. The van der Waals surface area contributed by atoms with Gasteiger partial charge in [-0.15, -0.1) is 12.8 Å². The first-order valence-electron chi connectivity index (χ1n) is 45.2. The third kappa shape index (κ3) is 31.1. The minimum absolute atomic E-state index is 0.206. The monoisotopic (exact) mass is 1660 g/mol. The topological polar surface area (TPSA) is 392 Å². The van der Waals surface area contributed by atoms with E-state index in [-0.39, 0.29) is 18.1 Å². The largest absolute Gasteiger partial charge is 0.393 e. The van der Waals surface area contributed by atoms with E-state index in [9.17, 15) is 20.7 Å². The van der Waals surface area contributed by atoms with E-state index in [0.29, 0.717) is 143 Å². The highest BCUT2D eigenvalue weighted by Gasteiger charge is 2.34. The van der Waals surface area contributed by atoms with E-state index < -0.39 is 5.60 Å². The Hall–Kier alpha value is -8.93. The van der Waals surface area contributed by atoms with Crippen LogP contribution in [0.25, 0.3) is 0 Å². The van der Waals surface area contributed by atoms with Crippen LogP contribution in [0, 0.1) is 70.5 Å². The third-order valence-corrected chi connectivity index (χ3v) is 25.2. The second-order valence-corrected chi connectivity index (χ2v) is 34.7. The van der Waals surface area contributed by atoms with Crippen LogP contribution in [0.4, 0.5) is 47.2 Å². The van der Waals surface area contributed by atoms with Crippen LogP contribution in [0.1, 0.15) is 292 Å². The second kappa shape index (κ2) is 50.0. The molecule has 14 rings (SSSR count). The Morgan fingerprint density at radius 1 is 0.430 bits per heavy atom. The lowest BCUT2D eigenvalue weighted by Gasteiger charge is -2.34. The van der Waals surface area contributed by atoms with Crippen LogP contribution in [0.15, 0.2) is 31.0 Å². The van der Waals surface area contributed by atoms with E-state index >= 15 is 0 Å². The van der Waals surface area contributed by atoms with Crippen molar-refractivity contribution < 1.29 is 38.6 Å². The van der Waals surface area contributed by atoms with Gasteiger partial charge in [0, 0.05) is 96.1 Å². The molecule has 0 radical (unpaired) electrons. The Balaban J connectivity index is 0.000000159. The highest BCUT2D eigenvalue weighted by atomic mass is 16.5. The Bertz CT molecular complexity index is 4030. The standard InChI is InChI=1S/C20H30N4O2.C20H30N4O.C19H28N4O2.C18H26N4O2.C15H23N5O/c1-20(25)9-3-4-14(11-20)10-18-15(12-21)13-22-19(24-18)23-16-5-7-17(26-2)8-6-16;1-3-15-14-21-20(23-17-10-12-18(13-11-17)25-4-2)24-19(15)22-16-8-6-5-7-9-16;1-3-14-13-20-19(22-15-5-7-17(8-6-15)25-4-2)23-18(14)21-16-9-11-24-12-10-16;1-24-15-7-5-14(6-8-15)21-18-20-11-13(10-19)16(22-18)9-12-3-2-4-17(12)23;1-10(2)18-14-11(8-16)9-17-15(20-14)19-12-4-6-13(21-3)7-5-12/h13-14,16-17,25H,3-11H2,1-2H3,(H,22,23,24);1,14,16-18H,4-13H2,2H3,(H2,21,22,23,24);1,13,15-17H,4-12H2,2H3,(H2,20,21,22,23);11-12,14-15,17,23H,2-9H2,1H3,(H,20,21,22);9-10,12-13H,4-7H2,1-3H3,(H2,17,18,19,20)/t14-,16?,17?,20-;;;12-,14?,15?,17+;/m0..0./s1. The van der Waals surface area contributed by atoms with Crippen LogP contribution >= 0.6 is 0 Å². The van der Waals surface area contributed by atoms with Crippen LogP contribution in [0.2, 0.25) is 0 Å². The van der Waals surface area contributed by atoms with Gasteiger partial charge in [0.2, 0.25) is 29.7 Å². The minimum atomic E-state index is -0.593. The molecule has 0 bridgehead atoms. The van der Waals surface area contributed by atoms with Crippen LogP contribution in [0.5, 0.6) is 0 Å². The van der Waals surface area contributed by atoms with Gasteiger partial charge >= 0.3 is 0 Å². The van der Waals surface area contributed by atoms with Crippen LogP contribution in [-0.2, 0) is 41.3 Å². The van der Waals surface area contributed by atoms with Crippen molar-refractivity contribution in [2.45, 2.75) is 356 Å². The number of nitrogens with zero attached hydrogens (tertiary/aromatic N) is 13. The molecule has 8 saturated carbocycles. The number of aliphatic hydroxyl groups excluding tert-OH is 1. The number of nitrogens with one attached hydrogen (secondary N) is 8. The Morgan fingerprint density at radius 2 is 0.793 bits per heavy atom. The molecule has 29 nitrogen and oxygen atoms in total. The third-order valence-electron chi connectivity index (χ3n) is 25.2. The summed E-state index contributed by atoms with van der Waals surface area (Å²) in [6, 6.07) is 9.45. The molecule has 9 fully saturated rings. The summed E-state index contributed by atoms with van der Waals surface area (Å²) in [5, 5.41) is 75.5. The maximum Gasteiger partial charge on any atom is 0.224 e. The van der Waals surface area contributed by atoms with Crippen LogP contribution < -0.4 is 42.5 Å². The second-order valence-electron chi connectivity index (χ2n) is 34.7. The van der Waals surface area contributed by atoms with Gasteiger partial charge in [0.25, 0.3) is 0 Å². The summed E-state index contributed by atoms with van der Waals surface area (Å²) in [5.74, 6) is 11.2. The molecule has 0 unspecified atom stereocenters. The summed E-state index contributed by atoms with van der Waals surface area (Å²) in [6.45, 7) is 13.2. The maximum atomic E-state index is 10.3. The summed E-state index contributed by atoms with van der Waals surface area (Å²) in [7, 11) is 5.31. The summed E-state index contributed by atoms with van der Waals surface area (Å²) in [5.41, 5.74) is 3.95. The van der Waals surface area contributed by atoms with Crippen molar-refractivity contribution in [1.82, 2.24) is 49.8 Å². The first kappa shape index (κ1) is 94.3. The number of methoxy groups -OCH3 is 3. The van der Waals surface area contributed by atoms with Crippen molar-refractivity contribution in [3.63, 3.8) is 0 Å². The molecular formula is C92H137N21O8. The number of terminal acetylenes is 2. The number of ether oxygens (including phenoxy) is 6. The van der Waals surface area contributed by atoms with E-state index in [2.05, 4.69) is 136 Å². The molecule has 5 aromatic rings. The summed E-state index contributed by atoms with van der Waals surface area (Å²) in [6.07, 6.45) is 58.7. The number of anilines is 8. The number of hydrogen-bond acceptors (Lipinski definition) is 29. The van der Waals surface area contributed by atoms with E-state index in [0.717, 1.165) is 248 Å². The zero-order valence-electron chi connectivity index (χ0n) is 73.2. The molecule has 5 aromatic heterocycles. The van der Waals surface area contributed by atoms with Gasteiger partial charge in [-0.25, -0.2) is 34.9 Å². The predicted molar refractivity (Wildman–Crippen MR) is 473 cm³/mol. The number of aromatic nitrogens is 10. The molecular weight excluding hydrogens is 1530 g/mol. The zero-order valence-corrected chi connectivity index (χ0v) is 73.2. The fraction of sp³-hybridized carbons (Fsp3) is 0.707. The Morgan fingerprint density at radius 3 is 1.16 bits per heavy atom. The average molecular weight is 1670 g/mol. The van der Waals surface area contributed by atoms with Crippen molar-refractivity contribution in [3.8, 4) is 42.9 Å². The lowest BCUT2D eigenvalue weighted by Crippen LogP contribution is -2.33. The highest BCUT2D eigenvalue weighted by molar-refractivity contribution is 5.57. The molecule has 10 N–H and O–H groups in total. The van der Waals surface area contributed by atoms with Gasteiger partial charge in [-0.1, -0.05) is 43.9 Å². The molecule has 6 heterocycles. The SMILES string of the molecule is C#Cc1cnc(NC2CCC(OCC)CC2)nc1NC1CCCCC1.C#Cc1cnc(NC2CCC(OCC)CC2)nc1NC1CCOCC1.COC1CCC(Nc2ncc(C#N)c(C[C@@H]3CCC[C@H]3O)n2)CC1.COC1CCC(Nc2ncc(C#N)c(C[C@@H]3CCC[C@](C)(O)C3)n2)CC1.COC1CCC(Nc2ncc(C#N)c(NC(C)C)n2)CC1. The summed E-state index contributed by atoms with van der Waals surface area (Å²) < 4.78 is 33.1. The van der Waals surface area contributed by atoms with Gasteiger partial charge in [-0.05, 0) is 245 Å². The lowest BCUT2D eigenvalue weighted by atomic mass is 9.77. The first-order valence-corrected chi connectivity index (χ1v) is 45.2. The van der Waals surface area contributed by atoms with Gasteiger partial charge in [0.1, 0.15) is 41.2 Å².